The molecule has 2 heterocycles. The fourth-order valence-electron chi connectivity index (χ4n) is 3.01. The van der Waals surface area contributed by atoms with Gasteiger partial charge < -0.3 is 9.80 Å². The van der Waals surface area contributed by atoms with E-state index in [0.717, 1.165) is 19.3 Å². The minimum absolute atomic E-state index is 0.0397. The average molecular weight is 276 g/mol. The van der Waals surface area contributed by atoms with Crippen LogP contribution in [0.3, 0.4) is 0 Å². The molecule has 0 spiro atoms. The summed E-state index contributed by atoms with van der Waals surface area (Å²) in [5.74, 6) is -0.318. The Morgan fingerprint density at radius 3 is 2.55 bits per heavy atom. The van der Waals surface area contributed by atoms with Crippen LogP contribution in [0.15, 0.2) is 24.3 Å². The van der Waals surface area contributed by atoms with E-state index in [2.05, 4.69) is 0 Å². The van der Waals surface area contributed by atoms with Gasteiger partial charge in [-0.05, 0) is 43.5 Å². The second kappa shape index (κ2) is 5.23. The lowest BCUT2D eigenvalue weighted by molar-refractivity contribution is -0.138. The summed E-state index contributed by atoms with van der Waals surface area (Å²) in [7, 11) is 0. The van der Waals surface area contributed by atoms with Crippen molar-refractivity contribution in [3.63, 3.8) is 0 Å². The third-order valence-electron chi connectivity index (χ3n) is 4.06. The molecule has 1 atom stereocenters. The molecule has 0 aliphatic carbocycles. The predicted molar refractivity (Wildman–Crippen MR) is 72.7 cm³/mol. The molecule has 4 nitrogen and oxygen atoms in total. The number of amides is 2. The van der Waals surface area contributed by atoms with Gasteiger partial charge in [0.25, 0.3) is 0 Å². The number of carbonyl (C=O) groups is 2. The average Bonchev–Trinajstić information content (AvgIpc) is 2.60. The smallest absolute Gasteiger partial charge is 0.249 e. The summed E-state index contributed by atoms with van der Waals surface area (Å²) in [5.41, 5.74) is 0.664. The molecule has 2 amide bonds. The maximum Gasteiger partial charge on any atom is 0.249 e. The molecular formula is C15H17FN2O2. The number of fused-ring (bicyclic) bond motifs is 1. The molecule has 1 aromatic carbocycles. The van der Waals surface area contributed by atoms with E-state index in [-0.39, 0.29) is 23.7 Å². The van der Waals surface area contributed by atoms with Crippen molar-refractivity contribution in [3.05, 3.63) is 30.1 Å². The molecule has 0 aromatic heterocycles. The number of nitrogens with zero attached hydrogens (tertiary/aromatic N) is 2. The van der Waals surface area contributed by atoms with Gasteiger partial charge in [0.05, 0.1) is 0 Å². The summed E-state index contributed by atoms with van der Waals surface area (Å²) < 4.78 is 13.0. The molecule has 5 heteroatoms. The summed E-state index contributed by atoms with van der Waals surface area (Å²) in [4.78, 5) is 28.1. The first-order valence-electron chi connectivity index (χ1n) is 7.03. The topological polar surface area (TPSA) is 40.6 Å². The van der Waals surface area contributed by atoms with Gasteiger partial charge in [-0.2, -0.15) is 0 Å². The van der Waals surface area contributed by atoms with Crippen LogP contribution in [0, 0.1) is 5.82 Å². The molecule has 2 aliphatic heterocycles. The summed E-state index contributed by atoms with van der Waals surface area (Å²) in [6.45, 7) is 1.04. The van der Waals surface area contributed by atoms with Crippen LogP contribution < -0.4 is 4.90 Å². The third kappa shape index (κ3) is 2.28. The van der Waals surface area contributed by atoms with Crippen LogP contribution in [0.25, 0.3) is 0 Å². The van der Waals surface area contributed by atoms with Gasteiger partial charge in [-0.3, -0.25) is 9.59 Å². The summed E-state index contributed by atoms with van der Waals surface area (Å²) in [6, 6.07) is 5.53. The molecule has 3 rings (SSSR count). The quantitative estimate of drug-likeness (QED) is 0.786. The lowest BCUT2D eigenvalue weighted by atomic mass is 10.0. The van der Waals surface area contributed by atoms with Crippen LogP contribution in [-0.4, -0.2) is 35.8 Å². The van der Waals surface area contributed by atoms with Crippen LogP contribution >= 0.6 is 0 Å². The van der Waals surface area contributed by atoms with Crippen molar-refractivity contribution in [2.75, 3.05) is 18.0 Å². The highest BCUT2D eigenvalue weighted by atomic mass is 19.1. The Balaban J connectivity index is 1.90. The maximum absolute atomic E-state index is 13.0. The number of halogens is 1. The second-order valence-electron chi connectivity index (χ2n) is 5.32. The molecule has 106 valence electrons. The minimum atomic E-state index is -0.344. The Labute approximate surface area is 117 Å². The van der Waals surface area contributed by atoms with E-state index in [1.165, 1.54) is 12.1 Å². The zero-order valence-corrected chi connectivity index (χ0v) is 11.2. The van der Waals surface area contributed by atoms with Crippen molar-refractivity contribution in [1.82, 2.24) is 4.90 Å². The van der Waals surface area contributed by atoms with Gasteiger partial charge in [0, 0.05) is 25.2 Å². The summed E-state index contributed by atoms with van der Waals surface area (Å²) in [5, 5.41) is 0. The Bertz CT molecular complexity index is 529. The van der Waals surface area contributed by atoms with E-state index in [0.29, 0.717) is 25.2 Å². The standard InChI is InChI=1S/C15H17FN2O2/c16-11-4-6-12(7-5-11)17-10-8-14(19)18-9-2-1-3-13(18)15(17)20/h4-7,13H,1-3,8-10H2. The fourth-order valence-corrected chi connectivity index (χ4v) is 3.01. The first-order chi connectivity index (χ1) is 9.66. The van der Waals surface area contributed by atoms with E-state index >= 15 is 0 Å². The van der Waals surface area contributed by atoms with E-state index in [9.17, 15) is 14.0 Å². The molecule has 20 heavy (non-hydrogen) atoms. The molecule has 2 aliphatic rings. The third-order valence-corrected chi connectivity index (χ3v) is 4.06. The molecular weight excluding hydrogens is 259 g/mol. The van der Waals surface area contributed by atoms with Crippen molar-refractivity contribution >= 4 is 17.5 Å². The fraction of sp³-hybridized carbons (Fsp3) is 0.467. The molecule has 1 aromatic rings. The van der Waals surface area contributed by atoms with Gasteiger partial charge in [-0.1, -0.05) is 0 Å². The molecule has 0 N–H and O–H groups in total. The Morgan fingerprint density at radius 2 is 1.80 bits per heavy atom. The van der Waals surface area contributed by atoms with Gasteiger partial charge in [0.1, 0.15) is 11.9 Å². The Morgan fingerprint density at radius 1 is 1.05 bits per heavy atom. The van der Waals surface area contributed by atoms with Gasteiger partial charge in [0.15, 0.2) is 0 Å². The van der Waals surface area contributed by atoms with E-state index in [4.69, 9.17) is 0 Å². The van der Waals surface area contributed by atoms with Crippen molar-refractivity contribution in [1.29, 1.82) is 0 Å². The van der Waals surface area contributed by atoms with E-state index in [1.807, 2.05) is 0 Å². The summed E-state index contributed by atoms with van der Waals surface area (Å²) in [6.07, 6.45) is 2.99. The van der Waals surface area contributed by atoms with Gasteiger partial charge in [-0.15, -0.1) is 0 Å². The normalized spacial score (nSPS) is 23.6. The number of carbonyl (C=O) groups excluding carboxylic acids is 2. The molecule has 0 bridgehead atoms. The largest absolute Gasteiger partial charge is 0.331 e. The Hall–Kier alpha value is -1.91. The van der Waals surface area contributed by atoms with E-state index in [1.54, 1.807) is 21.9 Å². The van der Waals surface area contributed by atoms with Crippen LogP contribution in [0.1, 0.15) is 25.7 Å². The van der Waals surface area contributed by atoms with Gasteiger partial charge in [-0.25, -0.2) is 4.39 Å². The maximum atomic E-state index is 13.0. The highest BCUT2D eigenvalue weighted by Gasteiger charge is 2.38. The first-order valence-corrected chi connectivity index (χ1v) is 7.03. The number of rotatable bonds is 1. The lowest BCUT2D eigenvalue weighted by Gasteiger charge is -2.34. The molecule has 0 radical (unpaired) electrons. The van der Waals surface area contributed by atoms with Crippen molar-refractivity contribution in [2.24, 2.45) is 0 Å². The second-order valence-corrected chi connectivity index (χ2v) is 5.32. The van der Waals surface area contributed by atoms with Crippen molar-refractivity contribution in [3.8, 4) is 0 Å². The summed E-state index contributed by atoms with van der Waals surface area (Å²) >= 11 is 0. The number of piperidine rings is 1. The molecule has 0 saturated carbocycles. The monoisotopic (exact) mass is 276 g/mol. The molecule has 1 unspecified atom stereocenters. The van der Waals surface area contributed by atoms with Crippen LogP contribution in [0.5, 0.6) is 0 Å². The lowest BCUT2D eigenvalue weighted by Crippen LogP contribution is -2.49. The van der Waals surface area contributed by atoms with E-state index < -0.39 is 0 Å². The minimum Gasteiger partial charge on any atom is -0.331 e. The predicted octanol–water partition coefficient (Wildman–Crippen LogP) is 1.94. The number of hydrogen-bond acceptors (Lipinski definition) is 2. The number of hydrogen-bond donors (Lipinski definition) is 0. The first kappa shape index (κ1) is 13.1. The van der Waals surface area contributed by atoms with Gasteiger partial charge in [0.2, 0.25) is 11.8 Å². The van der Waals surface area contributed by atoms with Crippen LogP contribution in [0.2, 0.25) is 0 Å². The highest BCUT2D eigenvalue weighted by molar-refractivity contribution is 6.01. The Kier molecular flexibility index (Phi) is 3.42. The van der Waals surface area contributed by atoms with Crippen molar-refractivity contribution < 1.29 is 14.0 Å². The van der Waals surface area contributed by atoms with Gasteiger partial charge >= 0.3 is 0 Å². The van der Waals surface area contributed by atoms with Crippen LogP contribution in [-0.2, 0) is 9.59 Å². The molecule has 2 saturated heterocycles. The molecule has 2 fully saturated rings. The zero-order chi connectivity index (χ0) is 14.1. The van der Waals surface area contributed by atoms with Crippen LogP contribution in [0.4, 0.5) is 10.1 Å². The number of benzene rings is 1. The SMILES string of the molecule is O=C1C2CCCCN2C(=O)CCN1c1ccc(F)cc1. The zero-order valence-electron chi connectivity index (χ0n) is 11.2. The highest BCUT2D eigenvalue weighted by Crippen LogP contribution is 2.26. The van der Waals surface area contributed by atoms with Crippen molar-refractivity contribution in [2.45, 2.75) is 31.7 Å². The number of anilines is 1.